The number of methoxy groups -OCH3 is 1. The predicted octanol–water partition coefficient (Wildman–Crippen LogP) is 4.36. The van der Waals surface area contributed by atoms with Gasteiger partial charge in [0.15, 0.2) is 0 Å². The molecule has 3 fully saturated rings. The third-order valence-electron chi connectivity index (χ3n) is 9.59. The van der Waals surface area contributed by atoms with Gasteiger partial charge in [0.25, 0.3) is 0 Å². The molecule has 6 atom stereocenters. The molecule has 7 nitrogen and oxygen atoms in total. The van der Waals surface area contributed by atoms with E-state index in [-0.39, 0.29) is 36.3 Å². The van der Waals surface area contributed by atoms with E-state index in [1.54, 1.807) is 12.5 Å². The highest BCUT2D eigenvalue weighted by molar-refractivity contribution is 6.11. The number of furan rings is 1. The van der Waals surface area contributed by atoms with Crippen molar-refractivity contribution in [1.29, 1.82) is 0 Å². The standard InChI is InChI=1S/C27H32O7/c1-25(2)19(12-20(28)32-5)27(4)17-6-8-26(3)18(15(17)10-16(22(25)30)23(27)31)11-21(29)34-24(26)14-7-9-33-13-14/h7,9,13,16-17,19,24H,6,8,10-12H2,1-5H3/t16-,17+,19+,24-,26-,27+/m0/s1. The van der Waals surface area contributed by atoms with Gasteiger partial charge in [0.05, 0.1) is 38.4 Å². The topological polar surface area (TPSA) is 99.9 Å². The molecule has 1 aromatic rings. The molecule has 1 aliphatic heterocycles. The number of fused-ring (bicyclic) bond motifs is 5. The Balaban J connectivity index is 1.68. The molecular formula is C27H32O7. The predicted molar refractivity (Wildman–Crippen MR) is 120 cm³/mol. The summed E-state index contributed by atoms with van der Waals surface area (Å²) in [5.41, 5.74) is 0.703. The molecule has 2 bridgehead atoms. The summed E-state index contributed by atoms with van der Waals surface area (Å²) in [6, 6.07) is 1.82. The first kappa shape index (κ1) is 23.1. The monoisotopic (exact) mass is 468 g/mol. The summed E-state index contributed by atoms with van der Waals surface area (Å²) in [6.45, 7) is 7.77. The number of hydrogen-bond donors (Lipinski definition) is 0. The number of Topliss-reactive ketones (excluding diaryl/α,β-unsaturated/α-hetero) is 2. The maximum absolute atomic E-state index is 13.8. The Hall–Kier alpha value is -2.70. The lowest BCUT2D eigenvalue weighted by Gasteiger charge is -2.61. The summed E-state index contributed by atoms with van der Waals surface area (Å²) in [5.74, 6) is -2.26. The van der Waals surface area contributed by atoms with E-state index in [4.69, 9.17) is 13.9 Å². The van der Waals surface area contributed by atoms with Gasteiger partial charge in [-0.1, -0.05) is 33.3 Å². The zero-order valence-corrected chi connectivity index (χ0v) is 20.4. The molecule has 0 spiro atoms. The first-order chi connectivity index (χ1) is 16.0. The fraction of sp³-hybridized carbons (Fsp3) is 0.630. The van der Waals surface area contributed by atoms with Gasteiger partial charge in [-0.05, 0) is 42.7 Å². The van der Waals surface area contributed by atoms with Crippen molar-refractivity contribution < 1.29 is 33.1 Å². The number of esters is 2. The number of carbonyl (C=O) groups is 4. The van der Waals surface area contributed by atoms with E-state index < -0.39 is 40.2 Å². The average molecular weight is 469 g/mol. The third kappa shape index (κ3) is 2.88. The second-order valence-corrected chi connectivity index (χ2v) is 11.4. The van der Waals surface area contributed by atoms with Gasteiger partial charge in [0, 0.05) is 21.8 Å². The van der Waals surface area contributed by atoms with Gasteiger partial charge in [-0.2, -0.15) is 0 Å². The zero-order chi connectivity index (χ0) is 24.6. The van der Waals surface area contributed by atoms with E-state index in [1.165, 1.54) is 7.11 Å². The van der Waals surface area contributed by atoms with Crippen LogP contribution in [-0.4, -0.2) is 30.6 Å². The van der Waals surface area contributed by atoms with Crippen LogP contribution in [0.15, 0.2) is 34.2 Å². The first-order valence-electron chi connectivity index (χ1n) is 12.1. The molecule has 4 aliphatic rings. The smallest absolute Gasteiger partial charge is 0.310 e. The lowest BCUT2D eigenvalue weighted by molar-refractivity contribution is -0.172. The van der Waals surface area contributed by atoms with E-state index >= 15 is 0 Å². The van der Waals surface area contributed by atoms with Crippen molar-refractivity contribution in [2.75, 3.05) is 7.11 Å². The number of ketones is 2. The zero-order valence-electron chi connectivity index (χ0n) is 20.4. The minimum Gasteiger partial charge on any atom is -0.472 e. The molecule has 3 aliphatic carbocycles. The summed E-state index contributed by atoms with van der Waals surface area (Å²) in [7, 11) is 1.33. The number of allylic oxidation sites excluding steroid dienone is 1. The Labute approximate surface area is 199 Å². The van der Waals surface area contributed by atoms with Crippen molar-refractivity contribution in [1.82, 2.24) is 0 Å². The summed E-state index contributed by atoms with van der Waals surface area (Å²) < 4.78 is 16.1. The van der Waals surface area contributed by atoms with Crippen LogP contribution in [0.1, 0.15) is 71.5 Å². The first-order valence-corrected chi connectivity index (χ1v) is 12.1. The van der Waals surface area contributed by atoms with Gasteiger partial charge < -0.3 is 13.9 Å². The van der Waals surface area contributed by atoms with Gasteiger partial charge >= 0.3 is 11.9 Å². The van der Waals surface area contributed by atoms with E-state index in [2.05, 4.69) is 6.92 Å². The van der Waals surface area contributed by atoms with Crippen LogP contribution in [0.4, 0.5) is 0 Å². The molecular weight excluding hydrogens is 436 g/mol. The number of hydrogen-bond acceptors (Lipinski definition) is 7. The van der Waals surface area contributed by atoms with Crippen molar-refractivity contribution in [3.05, 3.63) is 35.3 Å². The number of rotatable bonds is 3. The third-order valence-corrected chi connectivity index (χ3v) is 9.59. The fourth-order valence-corrected chi connectivity index (χ4v) is 7.76. The van der Waals surface area contributed by atoms with Crippen molar-refractivity contribution >= 4 is 23.5 Å². The van der Waals surface area contributed by atoms with Crippen LogP contribution in [0.2, 0.25) is 0 Å². The molecule has 2 saturated carbocycles. The minimum atomic E-state index is -0.884. The maximum atomic E-state index is 13.8. The molecule has 5 rings (SSSR count). The summed E-state index contributed by atoms with van der Waals surface area (Å²) in [6.07, 6.45) is 4.68. The van der Waals surface area contributed by atoms with Crippen LogP contribution < -0.4 is 0 Å². The molecule has 1 aromatic heterocycles. The Bertz CT molecular complexity index is 1110. The highest BCUT2D eigenvalue weighted by Crippen LogP contribution is 2.66. The van der Waals surface area contributed by atoms with Crippen LogP contribution in [0.5, 0.6) is 0 Å². The Morgan fingerprint density at radius 3 is 2.53 bits per heavy atom. The van der Waals surface area contributed by atoms with Crippen LogP contribution >= 0.6 is 0 Å². The van der Waals surface area contributed by atoms with Crippen LogP contribution in [0.25, 0.3) is 0 Å². The van der Waals surface area contributed by atoms with E-state index in [1.807, 2.05) is 26.8 Å². The summed E-state index contributed by atoms with van der Waals surface area (Å²) in [4.78, 5) is 52.6. The second-order valence-electron chi connectivity index (χ2n) is 11.4. The molecule has 0 radical (unpaired) electrons. The molecule has 7 heteroatoms. The van der Waals surface area contributed by atoms with E-state index in [0.29, 0.717) is 6.42 Å². The van der Waals surface area contributed by atoms with E-state index in [0.717, 1.165) is 29.6 Å². The van der Waals surface area contributed by atoms with Crippen molar-refractivity contribution in [3.63, 3.8) is 0 Å². The Morgan fingerprint density at radius 1 is 1.15 bits per heavy atom. The lowest BCUT2D eigenvalue weighted by Crippen LogP contribution is -2.64. The lowest BCUT2D eigenvalue weighted by atomic mass is 9.41. The molecule has 0 unspecified atom stereocenters. The molecule has 0 aromatic carbocycles. The van der Waals surface area contributed by atoms with Gasteiger partial charge in [-0.3, -0.25) is 19.2 Å². The largest absolute Gasteiger partial charge is 0.472 e. The molecule has 0 amide bonds. The SMILES string of the molecule is COC(=O)C[C@@H]1C(C)(C)C(=O)[C@@H]2CC3=C4CC(=O)O[C@@H](c5ccoc5)[C@@]4(C)CC[C@H]3[C@@]1(C)C2=O. The van der Waals surface area contributed by atoms with Crippen molar-refractivity contribution in [2.24, 2.45) is 34.0 Å². The highest BCUT2D eigenvalue weighted by atomic mass is 16.5. The van der Waals surface area contributed by atoms with Crippen LogP contribution in [0, 0.1) is 34.0 Å². The Kier molecular flexibility index (Phi) is 5.02. The number of carbonyl (C=O) groups excluding carboxylic acids is 4. The highest BCUT2D eigenvalue weighted by Gasteiger charge is 2.67. The van der Waals surface area contributed by atoms with Crippen LogP contribution in [-0.2, 0) is 28.7 Å². The van der Waals surface area contributed by atoms with Gasteiger partial charge in [-0.15, -0.1) is 0 Å². The van der Waals surface area contributed by atoms with Gasteiger partial charge in [-0.25, -0.2) is 0 Å². The molecule has 34 heavy (non-hydrogen) atoms. The molecule has 2 heterocycles. The van der Waals surface area contributed by atoms with Gasteiger partial charge in [0.1, 0.15) is 17.7 Å². The van der Waals surface area contributed by atoms with Crippen molar-refractivity contribution in [3.8, 4) is 0 Å². The van der Waals surface area contributed by atoms with Gasteiger partial charge in [0.2, 0.25) is 0 Å². The quantitative estimate of drug-likeness (QED) is 0.369. The maximum Gasteiger partial charge on any atom is 0.310 e. The van der Waals surface area contributed by atoms with Crippen LogP contribution in [0.3, 0.4) is 0 Å². The minimum absolute atomic E-state index is 0.0142. The normalized spacial score (nSPS) is 38.7. The average Bonchev–Trinajstić information content (AvgIpc) is 3.32. The van der Waals surface area contributed by atoms with E-state index in [9.17, 15) is 19.2 Å². The number of cyclic esters (lactones) is 1. The second kappa shape index (κ2) is 7.40. The Morgan fingerprint density at radius 2 is 1.88 bits per heavy atom. The van der Waals surface area contributed by atoms with Crippen molar-refractivity contribution in [2.45, 2.75) is 65.9 Å². The molecule has 0 N–H and O–H groups in total. The number of ether oxygens (including phenoxy) is 2. The molecule has 182 valence electrons. The summed E-state index contributed by atoms with van der Waals surface area (Å²) in [5, 5.41) is 0. The molecule has 1 saturated heterocycles. The summed E-state index contributed by atoms with van der Waals surface area (Å²) >= 11 is 0. The fourth-order valence-electron chi connectivity index (χ4n) is 7.76.